The Morgan fingerprint density at radius 3 is 2.59 bits per heavy atom. The number of hydrogen-bond donors (Lipinski definition) is 2. The van der Waals surface area contributed by atoms with Crippen LogP contribution in [0.25, 0.3) is 0 Å². The fraction of sp³-hybridized carbons (Fsp3) is 0.273. The molecule has 2 N–H and O–H groups in total. The van der Waals surface area contributed by atoms with Gasteiger partial charge in [-0.1, -0.05) is 0 Å². The van der Waals surface area contributed by atoms with Crippen molar-refractivity contribution < 1.29 is 27.9 Å². The Hall–Kier alpha value is -2.85. The summed E-state index contributed by atoms with van der Waals surface area (Å²) in [6, 6.07) is 0.762. The third kappa shape index (κ3) is 4.07. The van der Waals surface area contributed by atoms with E-state index in [1.165, 1.54) is 12.4 Å². The largest absolute Gasteiger partial charge is 0.480 e. The lowest BCUT2D eigenvalue weighted by Crippen LogP contribution is -2.19. The van der Waals surface area contributed by atoms with Crippen LogP contribution in [0.3, 0.4) is 0 Å². The molecule has 0 saturated carbocycles. The summed E-state index contributed by atoms with van der Waals surface area (Å²) in [5.74, 6) is -1.72. The number of aliphatic carboxylic acids is 1. The predicted molar refractivity (Wildman–Crippen MR) is 65.7 cm³/mol. The lowest BCUT2D eigenvalue weighted by molar-refractivity contribution is -0.141. The summed E-state index contributed by atoms with van der Waals surface area (Å²) < 4.78 is 39.0. The monoisotopic (exact) mass is 317 g/mol. The smallest absolute Gasteiger partial charge is 0.435 e. The Balaban J connectivity index is 1.94. The molecule has 2 rings (SSSR count). The van der Waals surface area contributed by atoms with E-state index in [1.54, 1.807) is 0 Å². The van der Waals surface area contributed by atoms with Gasteiger partial charge in [-0.25, -0.2) is 0 Å². The summed E-state index contributed by atoms with van der Waals surface area (Å²) in [6.07, 6.45) is -1.02. The van der Waals surface area contributed by atoms with E-state index < -0.39 is 30.3 Å². The second kappa shape index (κ2) is 5.87. The zero-order valence-electron chi connectivity index (χ0n) is 10.9. The molecule has 22 heavy (non-hydrogen) atoms. The standard InChI is InChI=1S/C11H10F3N5O3/c12-11(13,14)8-1-2-18(17-8)5-9(20)16-7-3-15-19(4-7)6-10(21)22/h1-4H,5-6H2,(H,16,20)(H,21,22). The minimum atomic E-state index is -4.57. The molecule has 2 aromatic rings. The van der Waals surface area contributed by atoms with E-state index in [0.29, 0.717) is 0 Å². The number of carbonyl (C=O) groups excluding carboxylic acids is 1. The second-order valence-corrected chi connectivity index (χ2v) is 4.26. The summed E-state index contributed by atoms with van der Waals surface area (Å²) in [5.41, 5.74) is -0.857. The van der Waals surface area contributed by atoms with E-state index in [9.17, 15) is 22.8 Å². The Morgan fingerprint density at radius 2 is 2.00 bits per heavy atom. The predicted octanol–water partition coefficient (Wildman–Crippen LogP) is 0.822. The quantitative estimate of drug-likeness (QED) is 0.850. The molecule has 0 aromatic carbocycles. The van der Waals surface area contributed by atoms with E-state index in [2.05, 4.69) is 15.5 Å². The van der Waals surface area contributed by atoms with Crippen molar-refractivity contribution >= 4 is 17.6 Å². The van der Waals surface area contributed by atoms with Crippen LogP contribution < -0.4 is 5.32 Å². The van der Waals surface area contributed by atoms with Gasteiger partial charge in [0.2, 0.25) is 5.91 Å². The number of rotatable bonds is 5. The summed E-state index contributed by atoms with van der Waals surface area (Å²) in [4.78, 5) is 22.1. The first-order valence-electron chi connectivity index (χ1n) is 5.89. The number of amides is 1. The fourth-order valence-corrected chi connectivity index (χ4v) is 1.60. The van der Waals surface area contributed by atoms with Gasteiger partial charge < -0.3 is 10.4 Å². The molecular formula is C11H10F3N5O3. The number of carbonyl (C=O) groups is 2. The normalized spacial score (nSPS) is 11.4. The second-order valence-electron chi connectivity index (χ2n) is 4.26. The number of carboxylic acid groups (broad SMARTS) is 1. The Morgan fingerprint density at radius 1 is 1.27 bits per heavy atom. The molecular weight excluding hydrogens is 307 g/mol. The Bertz CT molecular complexity index is 691. The number of anilines is 1. The third-order valence-corrected chi connectivity index (χ3v) is 2.45. The van der Waals surface area contributed by atoms with Crippen LogP contribution in [0.4, 0.5) is 18.9 Å². The van der Waals surface area contributed by atoms with Gasteiger partial charge in [-0.3, -0.25) is 19.0 Å². The number of aromatic nitrogens is 4. The summed E-state index contributed by atoms with van der Waals surface area (Å²) in [6.45, 7) is -0.788. The maximum Gasteiger partial charge on any atom is 0.435 e. The van der Waals surface area contributed by atoms with Gasteiger partial charge in [0.1, 0.15) is 13.1 Å². The van der Waals surface area contributed by atoms with Gasteiger partial charge in [-0.15, -0.1) is 0 Å². The van der Waals surface area contributed by atoms with Gasteiger partial charge in [-0.05, 0) is 6.07 Å². The highest BCUT2D eigenvalue weighted by Gasteiger charge is 2.33. The lowest BCUT2D eigenvalue weighted by atomic mass is 10.4. The van der Waals surface area contributed by atoms with Gasteiger partial charge in [0.25, 0.3) is 0 Å². The maximum atomic E-state index is 12.4. The van der Waals surface area contributed by atoms with Crippen LogP contribution in [0.5, 0.6) is 0 Å². The van der Waals surface area contributed by atoms with Gasteiger partial charge in [0.15, 0.2) is 5.69 Å². The van der Waals surface area contributed by atoms with Crippen molar-refractivity contribution in [1.29, 1.82) is 0 Å². The molecule has 0 fully saturated rings. The van der Waals surface area contributed by atoms with Crippen molar-refractivity contribution in [3.8, 4) is 0 Å². The maximum absolute atomic E-state index is 12.4. The molecule has 2 heterocycles. The van der Waals surface area contributed by atoms with Crippen molar-refractivity contribution in [2.45, 2.75) is 19.3 Å². The fourth-order valence-electron chi connectivity index (χ4n) is 1.60. The van der Waals surface area contributed by atoms with Crippen molar-refractivity contribution in [3.63, 3.8) is 0 Å². The molecule has 0 unspecified atom stereocenters. The topological polar surface area (TPSA) is 102 Å². The van der Waals surface area contributed by atoms with Gasteiger partial charge in [0.05, 0.1) is 11.9 Å². The first kappa shape index (κ1) is 15.5. The average Bonchev–Trinajstić information content (AvgIpc) is 2.97. The number of carboxylic acids is 1. The molecule has 118 valence electrons. The molecule has 8 nitrogen and oxygen atoms in total. The first-order chi connectivity index (χ1) is 10.2. The van der Waals surface area contributed by atoms with Crippen LogP contribution in [-0.2, 0) is 28.9 Å². The zero-order chi connectivity index (χ0) is 16.3. The van der Waals surface area contributed by atoms with Crippen molar-refractivity contribution in [1.82, 2.24) is 19.6 Å². The molecule has 0 aliphatic carbocycles. The highest BCUT2D eigenvalue weighted by Crippen LogP contribution is 2.27. The summed E-state index contributed by atoms with van der Waals surface area (Å²) in [7, 11) is 0. The average molecular weight is 317 g/mol. The highest BCUT2D eigenvalue weighted by atomic mass is 19.4. The van der Waals surface area contributed by atoms with Gasteiger partial charge in [0, 0.05) is 12.4 Å². The molecule has 2 aromatic heterocycles. The zero-order valence-corrected chi connectivity index (χ0v) is 10.9. The van der Waals surface area contributed by atoms with E-state index in [0.717, 1.165) is 21.6 Å². The van der Waals surface area contributed by atoms with E-state index in [1.807, 2.05) is 0 Å². The van der Waals surface area contributed by atoms with Crippen LogP contribution in [0.1, 0.15) is 5.69 Å². The SMILES string of the molecule is O=C(O)Cn1cc(NC(=O)Cn2ccc(C(F)(F)F)n2)cn1. The van der Waals surface area contributed by atoms with E-state index >= 15 is 0 Å². The third-order valence-electron chi connectivity index (χ3n) is 2.45. The van der Waals surface area contributed by atoms with Gasteiger partial charge in [-0.2, -0.15) is 23.4 Å². The van der Waals surface area contributed by atoms with Crippen LogP contribution in [0, 0.1) is 0 Å². The minimum Gasteiger partial charge on any atom is -0.480 e. The number of nitrogens with one attached hydrogen (secondary N) is 1. The van der Waals surface area contributed by atoms with Crippen molar-refractivity contribution in [2.75, 3.05) is 5.32 Å². The van der Waals surface area contributed by atoms with Crippen molar-refractivity contribution in [2.24, 2.45) is 0 Å². The highest BCUT2D eigenvalue weighted by molar-refractivity contribution is 5.90. The minimum absolute atomic E-state index is 0.231. The number of nitrogens with zero attached hydrogens (tertiary/aromatic N) is 4. The lowest BCUT2D eigenvalue weighted by Gasteiger charge is -2.03. The molecule has 0 bridgehead atoms. The summed E-state index contributed by atoms with van der Waals surface area (Å²) >= 11 is 0. The molecule has 0 spiro atoms. The van der Waals surface area contributed by atoms with Crippen LogP contribution in [-0.4, -0.2) is 36.5 Å². The molecule has 0 aliphatic heterocycles. The Labute approximate surface area is 121 Å². The number of hydrogen-bond acceptors (Lipinski definition) is 4. The van der Waals surface area contributed by atoms with Crippen LogP contribution >= 0.6 is 0 Å². The first-order valence-corrected chi connectivity index (χ1v) is 5.89. The molecule has 11 heteroatoms. The molecule has 0 aliphatic rings. The summed E-state index contributed by atoms with van der Waals surface area (Å²) in [5, 5.41) is 17.9. The van der Waals surface area contributed by atoms with E-state index in [-0.39, 0.29) is 12.2 Å². The number of halogens is 3. The van der Waals surface area contributed by atoms with E-state index in [4.69, 9.17) is 5.11 Å². The molecule has 0 radical (unpaired) electrons. The van der Waals surface area contributed by atoms with Crippen LogP contribution in [0.15, 0.2) is 24.7 Å². The van der Waals surface area contributed by atoms with Crippen LogP contribution in [0.2, 0.25) is 0 Å². The van der Waals surface area contributed by atoms with Crippen molar-refractivity contribution in [3.05, 3.63) is 30.4 Å². The molecule has 0 atom stereocenters. The Kier molecular flexibility index (Phi) is 4.15. The molecule has 0 saturated heterocycles. The number of alkyl halides is 3. The van der Waals surface area contributed by atoms with Gasteiger partial charge >= 0.3 is 12.1 Å². The molecule has 1 amide bonds.